The molecule has 4 heteroatoms. The lowest BCUT2D eigenvalue weighted by molar-refractivity contribution is -0.131. The molecular weight excluding hydrogens is 331 g/mol. The monoisotopic (exact) mass is 350 g/mol. The van der Waals surface area contributed by atoms with Crippen LogP contribution in [0.3, 0.4) is 0 Å². The van der Waals surface area contributed by atoms with Crippen LogP contribution in [0.25, 0.3) is 11.1 Å². The fourth-order valence-corrected chi connectivity index (χ4v) is 2.88. The number of methoxy groups -OCH3 is 1. The molecule has 3 aromatic carbocycles. The highest BCUT2D eigenvalue weighted by Crippen LogP contribution is 2.32. The van der Waals surface area contributed by atoms with E-state index >= 15 is 0 Å². The van der Waals surface area contributed by atoms with Gasteiger partial charge in [0, 0.05) is 6.92 Å². The second kappa shape index (κ2) is 7.83. The van der Waals surface area contributed by atoms with Crippen LogP contribution in [0.5, 0.6) is 11.5 Å². The van der Waals surface area contributed by atoms with Gasteiger partial charge in [-0.3, -0.25) is 4.79 Å². The lowest BCUT2D eigenvalue weighted by Crippen LogP contribution is -2.02. The molecule has 0 aliphatic carbocycles. The molecule has 3 aromatic rings. The summed E-state index contributed by atoms with van der Waals surface area (Å²) in [5.74, 6) is -0.116. The van der Waals surface area contributed by atoms with Gasteiger partial charge in [-0.05, 0) is 52.9 Å². The van der Waals surface area contributed by atoms with E-state index in [1.54, 1.807) is 12.1 Å². The average molecular weight is 350 g/mol. The minimum atomic E-state index is -0.417. The molecule has 0 fully saturated rings. The standard InChI is InChI=1S/C22H19FO3/c1-15(24)26-19-9-10-20(17-8-11-22(25-2)21(23)14-17)18(13-19)12-16-6-4-3-5-7-16/h3-11,13-14H,12H2,1-2H3. The van der Waals surface area contributed by atoms with Gasteiger partial charge in [0.05, 0.1) is 7.11 Å². The van der Waals surface area contributed by atoms with E-state index in [2.05, 4.69) is 0 Å². The van der Waals surface area contributed by atoms with Crippen molar-refractivity contribution in [1.82, 2.24) is 0 Å². The van der Waals surface area contributed by atoms with Crippen molar-refractivity contribution in [1.29, 1.82) is 0 Å². The van der Waals surface area contributed by atoms with E-state index in [-0.39, 0.29) is 11.7 Å². The quantitative estimate of drug-likeness (QED) is 0.479. The first-order valence-electron chi connectivity index (χ1n) is 8.26. The molecular formula is C22H19FO3. The Labute approximate surface area is 152 Å². The summed E-state index contributed by atoms with van der Waals surface area (Å²) in [5.41, 5.74) is 3.68. The fraction of sp³-hybridized carbons (Fsp3) is 0.136. The van der Waals surface area contributed by atoms with Gasteiger partial charge in [-0.2, -0.15) is 0 Å². The van der Waals surface area contributed by atoms with Gasteiger partial charge in [0.1, 0.15) is 5.75 Å². The highest BCUT2D eigenvalue weighted by molar-refractivity contribution is 5.72. The van der Waals surface area contributed by atoms with E-state index in [9.17, 15) is 9.18 Å². The van der Waals surface area contributed by atoms with E-state index < -0.39 is 5.82 Å². The van der Waals surface area contributed by atoms with Crippen molar-refractivity contribution < 1.29 is 18.7 Å². The normalized spacial score (nSPS) is 10.4. The highest BCUT2D eigenvalue weighted by atomic mass is 19.1. The number of hydrogen-bond acceptors (Lipinski definition) is 3. The van der Waals surface area contributed by atoms with Gasteiger partial charge in [-0.1, -0.05) is 42.5 Å². The van der Waals surface area contributed by atoms with Crippen molar-refractivity contribution >= 4 is 5.97 Å². The number of esters is 1. The van der Waals surface area contributed by atoms with Crippen LogP contribution in [0.1, 0.15) is 18.1 Å². The summed E-state index contributed by atoms with van der Waals surface area (Å²) in [6, 6.07) is 20.2. The first-order valence-corrected chi connectivity index (χ1v) is 8.26. The summed E-state index contributed by atoms with van der Waals surface area (Å²) < 4.78 is 24.4. The Kier molecular flexibility index (Phi) is 5.32. The zero-order valence-electron chi connectivity index (χ0n) is 14.7. The molecule has 0 radical (unpaired) electrons. The van der Waals surface area contributed by atoms with Crippen LogP contribution in [0, 0.1) is 5.82 Å². The zero-order valence-corrected chi connectivity index (χ0v) is 14.7. The number of hydrogen-bond donors (Lipinski definition) is 0. The fourth-order valence-electron chi connectivity index (χ4n) is 2.88. The van der Waals surface area contributed by atoms with Gasteiger partial charge in [0.2, 0.25) is 0 Å². The average Bonchev–Trinajstić information content (AvgIpc) is 2.62. The van der Waals surface area contributed by atoms with Crippen molar-refractivity contribution in [2.45, 2.75) is 13.3 Å². The molecule has 0 unspecified atom stereocenters. The molecule has 0 amide bonds. The second-order valence-corrected chi connectivity index (χ2v) is 5.92. The second-order valence-electron chi connectivity index (χ2n) is 5.92. The Hall–Kier alpha value is -3.14. The van der Waals surface area contributed by atoms with Crippen LogP contribution in [-0.2, 0) is 11.2 Å². The minimum Gasteiger partial charge on any atom is -0.494 e. The molecule has 0 saturated carbocycles. The zero-order chi connectivity index (χ0) is 18.5. The van der Waals surface area contributed by atoms with E-state index in [4.69, 9.17) is 9.47 Å². The largest absolute Gasteiger partial charge is 0.494 e. The maximum absolute atomic E-state index is 14.2. The summed E-state index contributed by atoms with van der Waals surface area (Å²) in [5, 5.41) is 0. The molecule has 0 saturated heterocycles. The molecule has 0 spiro atoms. The molecule has 0 bridgehead atoms. The number of benzene rings is 3. The molecule has 132 valence electrons. The van der Waals surface area contributed by atoms with Crippen LogP contribution in [0.2, 0.25) is 0 Å². The maximum Gasteiger partial charge on any atom is 0.308 e. The summed E-state index contributed by atoms with van der Waals surface area (Å²) in [4.78, 5) is 11.3. The molecule has 3 nitrogen and oxygen atoms in total. The third-order valence-corrected chi connectivity index (χ3v) is 4.04. The summed E-state index contributed by atoms with van der Waals surface area (Å²) in [7, 11) is 1.44. The van der Waals surface area contributed by atoms with Crippen molar-refractivity contribution in [3.8, 4) is 22.6 Å². The summed E-state index contributed by atoms with van der Waals surface area (Å²) in [6.45, 7) is 1.36. The van der Waals surface area contributed by atoms with Crippen LogP contribution in [-0.4, -0.2) is 13.1 Å². The van der Waals surface area contributed by atoms with Crippen molar-refractivity contribution in [3.63, 3.8) is 0 Å². The van der Waals surface area contributed by atoms with Gasteiger partial charge in [-0.15, -0.1) is 0 Å². The number of carbonyl (C=O) groups is 1. The van der Waals surface area contributed by atoms with Crippen molar-refractivity contribution in [2.75, 3.05) is 7.11 Å². The third-order valence-electron chi connectivity index (χ3n) is 4.04. The van der Waals surface area contributed by atoms with Gasteiger partial charge in [0.25, 0.3) is 0 Å². The molecule has 0 atom stereocenters. The van der Waals surface area contributed by atoms with Crippen LogP contribution in [0.15, 0.2) is 66.7 Å². The number of carbonyl (C=O) groups excluding carboxylic acids is 1. The topological polar surface area (TPSA) is 35.5 Å². The Balaban J connectivity index is 2.05. The lowest BCUT2D eigenvalue weighted by Gasteiger charge is -2.13. The first kappa shape index (κ1) is 17.7. The summed E-state index contributed by atoms with van der Waals surface area (Å²) >= 11 is 0. The predicted molar refractivity (Wildman–Crippen MR) is 98.9 cm³/mol. The van der Waals surface area contributed by atoms with E-state index in [0.717, 1.165) is 22.3 Å². The number of rotatable bonds is 5. The van der Waals surface area contributed by atoms with Crippen molar-refractivity contribution in [2.24, 2.45) is 0 Å². The molecule has 0 N–H and O–H groups in total. The van der Waals surface area contributed by atoms with E-state index in [0.29, 0.717) is 12.2 Å². The Morgan fingerprint density at radius 2 is 1.77 bits per heavy atom. The van der Waals surface area contributed by atoms with Crippen LogP contribution in [0.4, 0.5) is 4.39 Å². The first-order chi connectivity index (χ1) is 12.6. The number of ether oxygens (including phenoxy) is 2. The highest BCUT2D eigenvalue weighted by Gasteiger charge is 2.12. The SMILES string of the molecule is COc1ccc(-c2ccc(OC(C)=O)cc2Cc2ccccc2)cc1F. The van der Waals surface area contributed by atoms with E-state index in [1.165, 1.54) is 20.1 Å². The Bertz CT molecular complexity index is 920. The molecule has 0 aromatic heterocycles. The van der Waals surface area contributed by atoms with E-state index in [1.807, 2.05) is 48.5 Å². The molecule has 26 heavy (non-hydrogen) atoms. The maximum atomic E-state index is 14.2. The molecule has 0 aliphatic heterocycles. The van der Waals surface area contributed by atoms with Gasteiger partial charge in [0.15, 0.2) is 11.6 Å². The van der Waals surface area contributed by atoms with Gasteiger partial charge >= 0.3 is 5.97 Å². The minimum absolute atomic E-state index is 0.204. The van der Waals surface area contributed by atoms with Crippen LogP contribution < -0.4 is 9.47 Å². The lowest BCUT2D eigenvalue weighted by atomic mass is 9.94. The van der Waals surface area contributed by atoms with Gasteiger partial charge in [-0.25, -0.2) is 4.39 Å². The third kappa shape index (κ3) is 4.09. The van der Waals surface area contributed by atoms with Gasteiger partial charge < -0.3 is 9.47 Å². The Morgan fingerprint density at radius 1 is 1.00 bits per heavy atom. The molecule has 0 aliphatic rings. The predicted octanol–water partition coefficient (Wildman–Crippen LogP) is 5.02. The van der Waals surface area contributed by atoms with Crippen LogP contribution >= 0.6 is 0 Å². The molecule has 3 rings (SSSR count). The van der Waals surface area contributed by atoms with Crippen molar-refractivity contribution in [3.05, 3.63) is 83.7 Å². The smallest absolute Gasteiger partial charge is 0.308 e. The Morgan fingerprint density at radius 3 is 2.42 bits per heavy atom. The molecule has 0 heterocycles. The number of halogens is 1. The summed E-state index contributed by atoms with van der Waals surface area (Å²) in [6.07, 6.45) is 0.638.